The lowest BCUT2D eigenvalue weighted by Gasteiger charge is -2.51. The zero-order valence-electron chi connectivity index (χ0n) is 18.0. The molecule has 2 saturated carbocycles. The molecule has 0 unspecified atom stereocenters. The third kappa shape index (κ3) is 3.70. The Hall–Kier alpha value is -1.84. The summed E-state index contributed by atoms with van der Waals surface area (Å²) in [6.07, 6.45) is 7.24. The lowest BCUT2D eigenvalue weighted by Crippen LogP contribution is -2.56. The third-order valence-electron chi connectivity index (χ3n) is 7.14. The molecule has 0 saturated heterocycles. The maximum absolute atomic E-state index is 12.0. The molecule has 0 aromatic carbocycles. The summed E-state index contributed by atoms with van der Waals surface area (Å²) in [5.74, 6) is -0.466. The van der Waals surface area contributed by atoms with Crippen LogP contribution in [0.5, 0.6) is 0 Å². The predicted octanol–water partition coefficient (Wildman–Crippen LogP) is 5.29. The van der Waals surface area contributed by atoms with Crippen molar-refractivity contribution in [3.63, 3.8) is 0 Å². The number of ether oxygens (including phenoxy) is 2. The van der Waals surface area contributed by atoms with Crippen LogP contribution in [-0.4, -0.2) is 24.1 Å². The molecule has 0 aromatic heterocycles. The van der Waals surface area contributed by atoms with E-state index in [0.29, 0.717) is 0 Å². The minimum atomic E-state index is -0.469. The van der Waals surface area contributed by atoms with Crippen LogP contribution in [0.1, 0.15) is 73.1 Å². The first-order valence-corrected chi connectivity index (χ1v) is 10.5. The van der Waals surface area contributed by atoms with E-state index in [-0.39, 0.29) is 29.2 Å². The number of rotatable bonds is 2. The van der Waals surface area contributed by atoms with Gasteiger partial charge in [-0.15, -0.1) is 0 Å². The Morgan fingerprint density at radius 3 is 2.43 bits per heavy atom. The Labute approximate surface area is 169 Å². The van der Waals surface area contributed by atoms with Crippen LogP contribution in [0, 0.1) is 17.3 Å². The van der Waals surface area contributed by atoms with Crippen molar-refractivity contribution in [3.05, 3.63) is 34.9 Å². The summed E-state index contributed by atoms with van der Waals surface area (Å²) in [6, 6.07) is 0. The number of hydrogen-bond donors (Lipinski definition) is 0. The molecule has 3 aliphatic rings. The van der Waals surface area contributed by atoms with Crippen LogP contribution in [0.2, 0.25) is 0 Å². The van der Waals surface area contributed by atoms with E-state index < -0.39 is 12.2 Å². The fourth-order valence-electron chi connectivity index (χ4n) is 5.76. The Bertz CT molecular complexity index is 744. The second kappa shape index (κ2) is 7.88. The van der Waals surface area contributed by atoms with Crippen molar-refractivity contribution in [3.8, 4) is 0 Å². The standard InChI is InChI=1S/C24H34O4/c1-14-8-7-9-15(2)19-12-13-24(6)21(19)16(3)20(11-10-14)22(27-17(4)25)23(24)28-18(5)26/h8,20-23H,3,7,9-13H2,1-2,4-6H3/b14-8+,19-15-/t20-,21+,22-,23-,24-/m0/s1. The van der Waals surface area contributed by atoms with Crippen molar-refractivity contribution in [1.82, 2.24) is 0 Å². The maximum Gasteiger partial charge on any atom is 0.303 e. The van der Waals surface area contributed by atoms with E-state index in [9.17, 15) is 9.59 Å². The third-order valence-corrected chi connectivity index (χ3v) is 7.14. The van der Waals surface area contributed by atoms with E-state index in [1.54, 1.807) is 0 Å². The van der Waals surface area contributed by atoms with Crippen molar-refractivity contribution in [2.75, 3.05) is 0 Å². The summed E-state index contributed by atoms with van der Waals surface area (Å²) < 4.78 is 11.7. The monoisotopic (exact) mass is 386 g/mol. The van der Waals surface area contributed by atoms with E-state index in [1.807, 2.05) is 0 Å². The minimum absolute atomic E-state index is 0.00586. The summed E-state index contributed by atoms with van der Waals surface area (Å²) in [5, 5.41) is 0. The molecule has 4 nitrogen and oxygen atoms in total. The van der Waals surface area contributed by atoms with Gasteiger partial charge in [0.15, 0.2) is 0 Å². The summed E-state index contributed by atoms with van der Waals surface area (Å²) in [5.41, 5.74) is 5.12. The molecule has 0 aliphatic heterocycles. The molecule has 3 aliphatic carbocycles. The fourth-order valence-corrected chi connectivity index (χ4v) is 5.76. The van der Waals surface area contributed by atoms with Gasteiger partial charge < -0.3 is 9.47 Å². The second-order valence-corrected chi connectivity index (χ2v) is 9.16. The quantitative estimate of drug-likeness (QED) is 0.478. The lowest BCUT2D eigenvalue weighted by molar-refractivity contribution is -0.189. The van der Waals surface area contributed by atoms with E-state index in [1.165, 1.54) is 30.6 Å². The Morgan fingerprint density at radius 2 is 1.79 bits per heavy atom. The van der Waals surface area contributed by atoms with Crippen LogP contribution >= 0.6 is 0 Å². The highest BCUT2D eigenvalue weighted by Crippen LogP contribution is 2.60. The molecular weight excluding hydrogens is 352 g/mol. The zero-order chi connectivity index (χ0) is 20.6. The van der Waals surface area contributed by atoms with Crippen molar-refractivity contribution in [2.24, 2.45) is 17.3 Å². The van der Waals surface area contributed by atoms with Crippen LogP contribution in [0.4, 0.5) is 0 Å². The van der Waals surface area contributed by atoms with E-state index in [4.69, 9.17) is 9.47 Å². The summed E-state index contributed by atoms with van der Waals surface area (Å²) >= 11 is 0. The topological polar surface area (TPSA) is 52.6 Å². The van der Waals surface area contributed by atoms with Gasteiger partial charge in [0.25, 0.3) is 0 Å². The van der Waals surface area contributed by atoms with Crippen LogP contribution in [0.3, 0.4) is 0 Å². The maximum atomic E-state index is 12.0. The number of allylic oxidation sites excluding steroid dienone is 4. The average molecular weight is 387 g/mol. The Balaban J connectivity index is 2.14. The van der Waals surface area contributed by atoms with Crippen molar-refractivity contribution >= 4 is 11.9 Å². The highest BCUT2D eigenvalue weighted by atomic mass is 16.6. The van der Waals surface area contributed by atoms with Crippen molar-refractivity contribution in [2.45, 2.75) is 85.4 Å². The van der Waals surface area contributed by atoms with Gasteiger partial charge >= 0.3 is 11.9 Å². The van der Waals surface area contributed by atoms with Crippen LogP contribution in [0.15, 0.2) is 34.9 Å². The van der Waals surface area contributed by atoms with Crippen LogP contribution < -0.4 is 0 Å². The molecule has 0 amide bonds. The molecule has 2 bridgehead atoms. The second-order valence-electron chi connectivity index (χ2n) is 9.16. The minimum Gasteiger partial charge on any atom is -0.458 e. The number of carbonyl (C=O) groups is 2. The summed E-state index contributed by atoms with van der Waals surface area (Å²) in [4.78, 5) is 24.0. The smallest absolute Gasteiger partial charge is 0.303 e. The van der Waals surface area contributed by atoms with Crippen LogP contribution in [0.25, 0.3) is 0 Å². The van der Waals surface area contributed by atoms with E-state index in [0.717, 1.165) is 44.1 Å². The molecule has 0 N–H and O–H groups in total. The lowest BCUT2D eigenvalue weighted by atomic mass is 9.59. The Kier molecular flexibility index (Phi) is 5.88. The SMILES string of the molecule is C=C1[C@@H]2/C3=C(/C)CC/C=C(\C)CC[C@@H]1[C@H](OC(C)=O)[C@H](OC(C)=O)[C@@]2(C)CC3. The van der Waals surface area contributed by atoms with E-state index in [2.05, 4.69) is 33.4 Å². The molecule has 4 heteroatoms. The van der Waals surface area contributed by atoms with Gasteiger partial charge in [-0.1, -0.05) is 41.9 Å². The number of esters is 2. The molecule has 3 rings (SSSR count). The highest BCUT2D eigenvalue weighted by molar-refractivity contribution is 5.68. The Morgan fingerprint density at radius 1 is 1.11 bits per heavy atom. The molecule has 154 valence electrons. The molecule has 5 atom stereocenters. The van der Waals surface area contributed by atoms with Crippen molar-refractivity contribution in [1.29, 1.82) is 0 Å². The van der Waals surface area contributed by atoms with Gasteiger partial charge in [0.1, 0.15) is 12.2 Å². The molecule has 2 fully saturated rings. The zero-order valence-corrected chi connectivity index (χ0v) is 18.0. The molecule has 28 heavy (non-hydrogen) atoms. The molecule has 0 radical (unpaired) electrons. The molecular formula is C24H34O4. The first-order valence-electron chi connectivity index (χ1n) is 10.5. The summed E-state index contributed by atoms with van der Waals surface area (Å²) in [6.45, 7) is 14.0. The van der Waals surface area contributed by atoms with Gasteiger partial charge in [-0.3, -0.25) is 9.59 Å². The fraction of sp³-hybridized carbons (Fsp3) is 0.667. The van der Waals surface area contributed by atoms with Gasteiger partial charge in [-0.25, -0.2) is 0 Å². The van der Waals surface area contributed by atoms with Gasteiger partial charge in [-0.05, 0) is 52.4 Å². The average Bonchev–Trinajstić information content (AvgIpc) is 2.95. The van der Waals surface area contributed by atoms with Gasteiger partial charge in [0.05, 0.1) is 0 Å². The molecule has 0 aromatic rings. The van der Waals surface area contributed by atoms with E-state index >= 15 is 0 Å². The van der Waals surface area contributed by atoms with Gasteiger partial charge in [-0.2, -0.15) is 0 Å². The first kappa shape index (κ1) is 20.9. The molecule has 0 heterocycles. The normalized spacial score (nSPS) is 40.2. The number of fused-ring (bicyclic) bond motifs is 1. The first-order chi connectivity index (χ1) is 13.1. The number of carbonyl (C=O) groups excluding carboxylic acids is 2. The highest BCUT2D eigenvalue weighted by Gasteiger charge is 2.60. The van der Waals surface area contributed by atoms with Gasteiger partial charge in [0, 0.05) is 31.1 Å². The summed E-state index contributed by atoms with van der Waals surface area (Å²) in [7, 11) is 0. The van der Waals surface area contributed by atoms with Crippen LogP contribution in [-0.2, 0) is 19.1 Å². The predicted molar refractivity (Wildman–Crippen MR) is 109 cm³/mol. The van der Waals surface area contributed by atoms with Crippen molar-refractivity contribution < 1.29 is 19.1 Å². The largest absolute Gasteiger partial charge is 0.458 e. The molecule has 0 spiro atoms. The van der Waals surface area contributed by atoms with Gasteiger partial charge in [0.2, 0.25) is 0 Å². The number of hydrogen-bond acceptors (Lipinski definition) is 4.